The minimum Gasteiger partial charge on any atom is -0.496 e. The van der Waals surface area contributed by atoms with E-state index in [0.717, 1.165) is 28.5 Å². The summed E-state index contributed by atoms with van der Waals surface area (Å²) in [5, 5.41) is 8.62. The summed E-state index contributed by atoms with van der Waals surface area (Å²) in [6, 6.07) is 15.5. The van der Waals surface area contributed by atoms with Gasteiger partial charge in [0.2, 0.25) is 0 Å². The fourth-order valence-electron chi connectivity index (χ4n) is 1.84. The molecule has 0 saturated heterocycles. The van der Waals surface area contributed by atoms with E-state index in [1.807, 2.05) is 48.5 Å². The molecule has 0 radical (unpaired) electrons. The molecule has 0 bridgehead atoms. The molecule has 3 nitrogen and oxygen atoms in total. The van der Waals surface area contributed by atoms with Crippen molar-refractivity contribution in [1.82, 2.24) is 0 Å². The van der Waals surface area contributed by atoms with Crippen LogP contribution in [0.25, 0.3) is 17.2 Å². The fourth-order valence-corrected chi connectivity index (χ4v) is 1.84. The maximum Gasteiger partial charge on any atom is 0.328 e. The number of rotatable bonds is 4. The highest BCUT2D eigenvalue weighted by atomic mass is 16.5. The van der Waals surface area contributed by atoms with Crippen LogP contribution in [0.2, 0.25) is 0 Å². The van der Waals surface area contributed by atoms with E-state index in [0.29, 0.717) is 0 Å². The zero-order valence-electron chi connectivity index (χ0n) is 10.5. The van der Waals surface area contributed by atoms with Crippen LogP contribution in [-0.2, 0) is 4.79 Å². The first kappa shape index (κ1) is 12.9. The highest BCUT2D eigenvalue weighted by molar-refractivity contribution is 5.85. The highest BCUT2D eigenvalue weighted by Crippen LogP contribution is 2.30. The number of hydrogen-bond acceptors (Lipinski definition) is 2. The number of carboxylic acids is 1. The van der Waals surface area contributed by atoms with E-state index in [4.69, 9.17) is 9.84 Å². The molecule has 0 saturated carbocycles. The number of methoxy groups -OCH3 is 1. The SMILES string of the molecule is COc1cc(/C=C/C(=O)O)ccc1-c1ccccc1. The fraction of sp³-hybridized carbons (Fsp3) is 0.0625. The molecular formula is C16H14O3. The third-order valence-corrected chi connectivity index (χ3v) is 2.73. The smallest absolute Gasteiger partial charge is 0.328 e. The Labute approximate surface area is 111 Å². The lowest BCUT2D eigenvalue weighted by atomic mass is 10.0. The second-order valence-electron chi connectivity index (χ2n) is 4.00. The summed E-state index contributed by atoms with van der Waals surface area (Å²) in [6.45, 7) is 0. The average molecular weight is 254 g/mol. The van der Waals surface area contributed by atoms with E-state index in [9.17, 15) is 4.79 Å². The molecule has 0 fully saturated rings. The number of carbonyl (C=O) groups is 1. The van der Waals surface area contributed by atoms with Crippen LogP contribution in [0.5, 0.6) is 5.75 Å². The normalized spacial score (nSPS) is 10.6. The van der Waals surface area contributed by atoms with Crippen LogP contribution >= 0.6 is 0 Å². The topological polar surface area (TPSA) is 46.5 Å². The summed E-state index contributed by atoms with van der Waals surface area (Å²) in [4.78, 5) is 10.5. The van der Waals surface area contributed by atoms with Gasteiger partial charge in [0.15, 0.2) is 0 Å². The molecule has 2 aromatic rings. The van der Waals surface area contributed by atoms with Crippen LogP contribution in [0.4, 0.5) is 0 Å². The minimum atomic E-state index is -0.967. The van der Waals surface area contributed by atoms with Crippen LogP contribution in [0.1, 0.15) is 5.56 Å². The van der Waals surface area contributed by atoms with Crippen molar-refractivity contribution in [2.75, 3.05) is 7.11 Å². The number of carboxylic acid groups (broad SMARTS) is 1. The Morgan fingerprint density at radius 2 is 1.89 bits per heavy atom. The van der Waals surface area contributed by atoms with Crippen molar-refractivity contribution in [1.29, 1.82) is 0 Å². The Kier molecular flexibility index (Phi) is 3.98. The van der Waals surface area contributed by atoms with Gasteiger partial charge in [0.25, 0.3) is 0 Å². The van der Waals surface area contributed by atoms with Crippen molar-refractivity contribution in [3.05, 3.63) is 60.2 Å². The van der Waals surface area contributed by atoms with Crippen LogP contribution in [0, 0.1) is 0 Å². The molecule has 2 aromatic carbocycles. The quantitative estimate of drug-likeness (QED) is 0.850. The summed E-state index contributed by atoms with van der Waals surface area (Å²) in [5.41, 5.74) is 2.84. The number of aliphatic carboxylic acids is 1. The van der Waals surface area contributed by atoms with E-state index >= 15 is 0 Å². The molecular weight excluding hydrogens is 240 g/mol. The van der Waals surface area contributed by atoms with Crippen molar-refractivity contribution in [3.8, 4) is 16.9 Å². The van der Waals surface area contributed by atoms with E-state index in [1.165, 1.54) is 0 Å². The van der Waals surface area contributed by atoms with Crippen LogP contribution in [0.15, 0.2) is 54.6 Å². The molecule has 0 unspecified atom stereocenters. The van der Waals surface area contributed by atoms with E-state index in [-0.39, 0.29) is 0 Å². The summed E-state index contributed by atoms with van der Waals surface area (Å²) in [5.74, 6) is -0.246. The number of hydrogen-bond donors (Lipinski definition) is 1. The molecule has 3 heteroatoms. The Balaban J connectivity index is 2.40. The third-order valence-electron chi connectivity index (χ3n) is 2.73. The third kappa shape index (κ3) is 3.22. The lowest BCUT2D eigenvalue weighted by Gasteiger charge is -2.09. The molecule has 0 spiro atoms. The van der Waals surface area contributed by atoms with Gasteiger partial charge in [-0.25, -0.2) is 4.79 Å². The van der Waals surface area contributed by atoms with Gasteiger partial charge in [-0.1, -0.05) is 42.5 Å². The summed E-state index contributed by atoms with van der Waals surface area (Å²) >= 11 is 0. The lowest BCUT2D eigenvalue weighted by Crippen LogP contribution is -1.90. The second kappa shape index (κ2) is 5.87. The Bertz CT molecular complexity index is 601. The maximum atomic E-state index is 10.5. The molecule has 0 aliphatic rings. The van der Waals surface area contributed by atoms with Crippen LogP contribution in [0.3, 0.4) is 0 Å². The van der Waals surface area contributed by atoms with Gasteiger partial charge in [-0.05, 0) is 23.3 Å². The number of ether oxygens (including phenoxy) is 1. The van der Waals surface area contributed by atoms with Crippen molar-refractivity contribution in [3.63, 3.8) is 0 Å². The molecule has 0 aromatic heterocycles. The first-order valence-corrected chi connectivity index (χ1v) is 5.85. The summed E-state index contributed by atoms with van der Waals surface area (Å²) in [6.07, 6.45) is 2.65. The standard InChI is InChI=1S/C16H14O3/c1-19-15-11-12(8-10-16(17)18)7-9-14(15)13-5-3-2-4-6-13/h2-11H,1H3,(H,17,18)/b10-8+. The van der Waals surface area contributed by atoms with E-state index in [2.05, 4.69) is 0 Å². The monoisotopic (exact) mass is 254 g/mol. The van der Waals surface area contributed by atoms with Gasteiger partial charge in [0, 0.05) is 11.6 Å². The van der Waals surface area contributed by atoms with Gasteiger partial charge in [-0.2, -0.15) is 0 Å². The largest absolute Gasteiger partial charge is 0.496 e. The average Bonchev–Trinajstić information content (AvgIpc) is 2.45. The molecule has 0 aliphatic carbocycles. The lowest BCUT2D eigenvalue weighted by molar-refractivity contribution is -0.131. The molecule has 19 heavy (non-hydrogen) atoms. The predicted molar refractivity (Wildman–Crippen MR) is 75.1 cm³/mol. The minimum absolute atomic E-state index is 0.721. The highest BCUT2D eigenvalue weighted by Gasteiger charge is 2.05. The van der Waals surface area contributed by atoms with Gasteiger partial charge in [0.1, 0.15) is 5.75 Å². The number of benzene rings is 2. The molecule has 0 aliphatic heterocycles. The molecule has 0 heterocycles. The van der Waals surface area contributed by atoms with Crippen molar-refractivity contribution in [2.24, 2.45) is 0 Å². The molecule has 0 atom stereocenters. The first-order chi connectivity index (χ1) is 9.20. The van der Waals surface area contributed by atoms with E-state index in [1.54, 1.807) is 13.2 Å². The second-order valence-corrected chi connectivity index (χ2v) is 4.00. The Hall–Kier alpha value is -2.55. The van der Waals surface area contributed by atoms with Crippen molar-refractivity contribution in [2.45, 2.75) is 0 Å². The van der Waals surface area contributed by atoms with Crippen LogP contribution < -0.4 is 4.74 Å². The van der Waals surface area contributed by atoms with Crippen molar-refractivity contribution >= 4 is 12.0 Å². The Morgan fingerprint density at radius 1 is 1.16 bits per heavy atom. The van der Waals surface area contributed by atoms with Gasteiger partial charge < -0.3 is 9.84 Å². The molecule has 1 N–H and O–H groups in total. The van der Waals surface area contributed by atoms with Gasteiger partial charge >= 0.3 is 5.97 Å². The van der Waals surface area contributed by atoms with Crippen molar-refractivity contribution < 1.29 is 14.6 Å². The van der Waals surface area contributed by atoms with Gasteiger partial charge in [-0.3, -0.25) is 0 Å². The summed E-state index contributed by atoms with van der Waals surface area (Å²) in [7, 11) is 1.60. The molecule has 2 rings (SSSR count). The van der Waals surface area contributed by atoms with Gasteiger partial charge in [0.05, 0.1) is 7.11 Å². The predicted octanol–water partition coefficient (Wildman–Crippen LogP) is 3.46. The van der Waals surface area contributed by atoms with E-state index < -0.39 is 5.97 Å². The first-order valence-electron chi connectivity index (χ1n) is 5.85. The summed E-state index contributed by atoms with van der Waals surface area (Å²) < 4.78 is 5.37. The van der Waals surface area contributed by atoms with Crippen LogP contribution in [-0.4, -0.2) is 18.2 Å². The Morgan fingerprint density at radius 3 is 2.53 bits per heavy atom. The molecule has 96 valence electrons. The maximum absolute atomic E-state index is 10.5. The zero-order valence-corrected chi connectivity index (χ0v) is 10.5. The molecule has 0 amide bonds. The zero-order chi connectivity index (χ0) is 13.7. The van der Waals surface area contributed by atoms with Gasteiger partial charge in [-0.15, -0.1) is 0 Å².